The SMILES string of the molecule is COc1cc(Cl)c(C)cc1NC(=O)C(C)Sc1ccc(NC(=O)/C(=C/c2c(F)cccc2Cl)NC(=O)c2ccccc2)cc1. The van der Waals surface area contributed by atoms with Gasteiger partial charge >= 0.3 is 0 Å². The summed E-state index contributed by atoms with van der Waals surface area (Å²) in [4.78, 5) is 39.8. The molecule has 0 aliphatic carbocycles. The summed E-state index contributed by atoms with van der Waals surface area (Å²) in [6.45, 7) is 3.60. The number of rotatable bonds is 10. The summed E-state index contributed by atoms with van der Waals surface area (Å²) in [6, 6.07) is 22.6. The molecule has 1 unspecified atom stereocenters. The predicted octanol–water partition coefficient (Wildman–Crippen LogP) is 7.98. The van der Waals surface area contributed by atoms with E-state index in [1.807, 2.05) is 6.92 Å². The molecule has 0 bridgehead atoms. The van der Waals surface area contributed by atoms with Crippen molar-refractivity contribution in [2.24, 2.45) is 0 Å². The summed E-state index contributed by atoms with van der Waals surface area (Å²) in [7, 11) is 1.50. The summed E-state index contributed by atoms with van der Waals surface area (Å²) in [5.41, 5.74) is 1.80. The zero-order chi connectivity index (χ0) is 31.8. The van der Waals surface area contributed by atoms with E-state index in [0.29, 0.717) is 27.7 Å². The standard InChI is InChI=1S/C33H28Cl2FN3O4S/c1-19-16-28(30(43-3)18-26(19)35)38-31(40)20(2)44-23-14-12-22(13-15-23)37-33(42)29(17-24-25(34)10-7-11-27(24)36)39-32(41)21-8-5-4-6-9-21/h4-18,20H,1-3H3,(H,37,42)(H,38,40)(H,39,41)/b29-17-. The maximum atomic E-state index is 14.5. The third-order valence-electron chi connectivity index (χ3n) is 6.35. The van der Waals surface area contributed by atoms with Gasteiger partial charge in [-0.05, 0) is 80.1 Å². The van der Waals surface area contributed by atoms with Crippen LogP contribution in [0.1, 0.15) is 28.4 Å². The number of halogens is 3. The fraction of sp³-hybridized carbons (Fsp3) is 0.121. The van der Waals surface area contributed by atoms with Gasteiger partial charge in [-0.25, -0.2) is 4.39 Å². The van der Waals surface area contributed by atoms with Crippen LogP contribution in [-0.4, -0.2) is 30.1 Å². The van der Waals surface area contributed by atoms with E-state index in [4.69, 9.17) is 27.9 Å². The van der Waals surface area contributed by atoms with Gasteiger partial charge in [0.2, 0.25) is 5.91 Å². The Hall–Kier alpha value is -4.31. The highest BCUT2D eigenvalue weighted by Crippen LogP contribution is 2.32. The van der Waals surface area contributed by atoms with E-state index in [1.165, 1.54) is 43.1 Å². The fourth-order valence-electron chi connectivity index (χ4n) is 3.97. The Morgan fingerprint density at radius 2 is 1.61 bits per heavy atom. The van der Waals surface area contributed by atoms with Crippen LogP contribution in [-0.2, 0) is 9.59 Å². The molecule has 0 aliphatic heterocycles. The molecule has 4 rings (SSSR count). The van der Waals surface area contributed by atoms with E-state index in [-0.39, 0.29) is 22.2 Å². The third-order valence-corrected chi connectivity index (χ3v) is 8.20. The third kappa shape index (κ3) is 8.41. The molecule has 0 aliphatic rings. The molecule has 7 nitrogen and oxygen atoms in total. The number of anilines is 2. The van der Waals surface area contributed by atoms with Gasteiger partial charge in [-0.3, -0.25) is 14.4 Å². The van der Waals surface area contributed by atoms with Crippen LogP contribution in [0.5, 0.6) is 5.75 Å². The number of hydrogen-bond acceptors (Lipinski definition) is 5. The Bertz CT molecular complexity index is 1700. The van der Waals surface area contributed by atoms with Crippen molar-refractivity contribution in [3.63, 3.8) is 0 Å². The van der Waals surface area contributed by atoms with Gasteiger partial charge in [-0.15, -0.1) is 11.8 Å². The van der Waals surface area contributed by atoms with E-state index in [9.17, 15) is 18.8 Å². The number of benzene rings is 4. The number of nitrogens with one attached hydrogen (secondary N) is 3. The van der Waals surface area contributed by atoms with E-state index in [0.717, 1.165) is 10.5 Å². The first-order valence-electron chi connectivity index (χ1n) is 13.3. The Kier molecular flexibility index (Phi) is 11.1. The van der Waals surface area contributed by atoms with Crippen molar-refractivity contribution < 1.29 is 23.5 Å². The van der Waals surface area contributed by atoms with Crippen LogP contribution >= 0.6 is 35.0 Å². The molecule has 4 aromatic rings. The molecule has 0 saturated heterocycles. The first-order valence-corrected chi connectivity index (χ1v) is 14.9. The van der Waals surface area contributed by atoms with Gasteiger partial charge in [-0.1, -0.05) is 47.5 Å². The lowest BCUT2D eigenvalue weighted by Crippen LogP contribution is -2.30. The first-order chi connectivity index (χ1) is 21.0. The largest absolute Gasteiger partial charge is 0.495 e. The normalized spacial score (nSPS) is 11.8. The Morgan fingerprint density at radius 3 is 2.27 bits per heavy atom. The van der Waals surface area contributed by atoms with Gasteiger partial charge in [0, 0.05) is 32.8 Å². The van der Waals surface area contributed by atoms with Crippen LogP contribution in [0.2, 0.25) is 10.0 Å². The number of ether oxygens (including phenoxy) is 1. The molecular formula is C33H28Cl2FN3O4S. The molecule has 4 aromatic carbocycles. The lowest BCUT2D eigenvalue weighted by Gasteiger charge is -2.16. The van der Waals surface area contributed by atoms with Crippen molar-refractivity contribution in [3.8, 4) is 5.75 Å². The molecule has 0 spiro atoms. The minimum Gasteiger partial charge on any atom is -0.495 e. The van der Waals surface area contributed by atoms with Gasteiger partial charge in [0.15, 0.2) is 0 Å². The van der Waals surface area contributed by atoms with Crippen molar-refractivity contribution in [2.75, 3.05) is 17.7 Å². The quantitative estimate of drug-likeness (QED) is 0.119. The van der Waals surface area contributed by atoms with E-state index in [2.05, 4.69) is 16.0 Å². The second kappa shape index (κ2) is 14.9. The lowest BCUT2D eigenvalue weighted by atomic mass is 10.1. The van der Waals surface area contributed by atoms with Crippen LogP contribution in [0.15, 0.2) is 95.5 Å². The van der Waals surface area contributed by atoms with Gasteiger partial charge in [-0.2, -0.15) is 0 Å². The maximum absolute atomic E-state index is 14.5. The number of amides is 3. The molecular weight excluding hydrogens is 624 g/mol. The molecule has 0 saturated carbocycles. The minimum atomic E-state index is -0.686. The molecule has 1 atom stereocenters. The van der Waals surface area contributed by atoms with Crippen LogP contribution in [0.4, 0.5) is 15.8 Å². The van der Waals surface area contributed by atoms with Gasteiger partial charge in [0.1, 0.15) is 17.3 Å². The second-order valence-corrected chi connectivity index (χ2v) is 11.8. The molecule has 3 N–H and O–H groups in total. The summed E-state index contributed by atoms with van der Waals surface area (Å²) >= 11 is 13.7. The summed E-state index contributed by atoms with van der Waals surface area (Å²) in [5.74, 6) is -1.67. The molecule has 3 amide bonds. The zero-order valence-electron chi connectivity index (χ0n) is 23.9. The van der Waals surface area contributed by atoms with Crippen LogP contribution in [0, 0.1) is 12.7 Å². The Labute approximate surface area is 268 Å². The van der Waals surface area contributed by atoms with Crippen LogP contribution in [0.3, 0.4) is 0 Å². The highest BCUT2D eigenvalue weighted by Gasteiger charge is 2.19. The molecule has 0 heterocycles. The lowest BCUT2D eigenvalue weighted by molar-refractivity contribution is -0.115. The Balaban J connectivity index is 1.46. The van der Waals surface area contributed by atoms with Crippen LogP contribution in [0.25, 0.3) is 6.08 Å². The van der Waals surface area contributed by atoms with Crippen molar-refractivity contribution in [1.29, 1.82) is 0 Å². The zero-order valence-corrected chi connectivity index (χ0v) is 26.2. The van der Waals surface area contributed by atoms with Crippen molar-refractivity contribution >= 4 is 70.1 Å². The number of methoxy groups -OCH3 is 1. The average molecular weight is 653 g/mol. The second-order valence-electron chi connectivity index (χ2n) is 9.54. The number of carbonyl (C=O) groups is 3. The summed E-state index contributed by atoms with van der Waals surface area (Å²) in [5, 5.41) is 8.30. The highest BCUT2D eigenvalue weighted by atomic mass is 35.5. The molecule has 44 heavy (non-hydrogen) atoms. The number of thioether (sulfide) groups is 1. The van der Waals surface area contributed by atoms with Gasteiger partial charge in [0.05, 0.1) is 23.1 Å². The molecule has 11 heteroatoms. The number of carbonyl (C=O) groups excluding carboxylic acids is 3. The fourth-order valence-corrected chi connectivity index (χ4v) is 5.21. The van der Waals surface area contributed by atoms with Crippen molar-refractivity contribution in [2.45, 2.75) is 24.0 Å². The summed E-state index contributed by atoms with van der Waals surface area (Å²) in [6.07, 6.45) is 1.19. The Morgan fingerprint density at radius 1 is 0.909 bits per heavy atom. The van der Waals surface area contributed by atoms with Gasteiger partial charge < -0.3 is 20.7 Å². The molecule has 0 fully saturated rings. The van der Waals surface area contributed by atoms with E-state index < -0.39 is 22.9 Å². The predicted molar refractivity (Wildman–Crippen MR) is 175 cm³/mol. The van der Waals surface area contributed by atoms with Crippen molar-refractivity contribution in [1.82, 2.24) is 5.32 Å². The molecule has 0 aromatic heterocycles. The van der Waals surface area contributed by atoms with E-state index in [1.54, 1.807) is 73.7 Å². The molecule has 226 valence electrons. The minimum absolute atomic E-state index is 0.0435. The maximum Gasteiger partial charge on any atom is 0.272 e. The first kappa shape index (κ1) is 32.6. The number of hydrogen-bond donors (Lipinski definition) is 3. The molecule has 0 radical (unpaired) electrons. The average Bonchev–Trinajstić information content (AvgIpc) is 3.01. The smallest absolute Gasteiger partial charge is 0.272 e. The number of aryl methyl sites for hydroxylation is 1. The van der Waals surface area contributed by atoms with Gasteiger partial charge in [0.25, 0.3) is 11.8 Å². The van der Waals surface area contributed by atoms with Crippen molar-refractivity contribution in [3.05, 3.63) is 123 Å². The highest BCUT2D eigenvalue weighted by molar-refractivity contribution is 8.00. The summed E-state index contributed by atoms with van der Waals surface area (Å²) < 4.78 is 19.9. The van der Waals surface area contributed by atoms with E-state index >= 15 is 0 Å². The monoisotopic (exact) mass is 651 g/mol. The topological polar surface area (TPSA) is 96.5 Å². The van der Waals surface area contributed by atoms with Crippen LogP contribution < -0.4 is 20.7 Å².